The van der Waals surface area contributed by atoms with Gasteiger partial charge in [0.05, 0.1) is 17.1 Å². The Bertz CT molecular complexity index is 933. The summed E-state index contributed by atoms with van der Waals surface area (Å²) in [6.45, 7) is 3.44. The molecule has 2 aliphatic rings. The highest BCUT2D eigenvalue weighted by Crippen LogP contribution is 2.25. The number of likely N-dealkylation sites (tertiary alicyclic amines) is 1. The second-order valence-corrected chi connectivity index (χ2v) is 7.00. The van der Waals surface area contributed by atoms with Gasteiger partial charge >= 0.3 is 6.09 Å². The van der Waals surface area contributed by atoms with Crippen LogP contribution in [-0.4, -0.2) is 63.5 Å². The third kappa shape index (κ3) is 3.15. The number of fused-ring (bicyclic) bond motifs is 1. The summed E-state index contributed by atoms with van der Waals surface area (Å²) in [4.78, 5) is 47.6. The van der Waals surface area contributed by atoms with Gasteiger partial charge in [0.25, 0.3) is 11.5 Å². The zero-order chi connectivity index (χ0) is 19.0. The van der Waals surface area contributed by atoms with Crippen LogP contribution in [0, 0.1) is 0 Å². The predicted molar refractivity (Wildman–Crippen MR) is 98.6 cm³/mol. The first-order valence-electron chi connectivity index (χ1n) is 9.32. The highest BCUT2D eigenvalue weighted by atomic mass is 16.6. The molecular weight excluding hydrogens is 348 g/mol. The second kappa shape index (κ2) is 7.02. The minimum Gasteiger partial charge on any atom is -0.447 e. The molecule has 1 N–H and O–H groups in total. The molecular formula is C19H22N4O4. The number of rotatable bonds is 3. The number of hydrogen-bond acceptors (Lipinski definition) is 5. The number of hydrogen-bond donors (Lipinski definition) is 1. The Kier molecular flexibility index (Phi) is 4.55. The van der Waals surface area contributed by atoms with Gasteiger partial charge < -0.3 is 14.6 Å². The van der Waals surface area contributed by atoms with Crippen molar-refractivity contribution in [3.05, 3.63) is 40.3 Å². The molecule has 2 aromatic rings. The molecule has 8 nitrogen and oxygen atoms in total. The van der Waals surface area contributed by atoms with Crippen LogP contribution in [0.3, 0.4) is 0 Å². The Morgan fingerprint density at radius 2 is 2.00 bits per heavy atom. The van der Waals surface area contributed by atoms with Crippen molar-refractivity contribution < 1.29 is 14.3 Å². The number of ether oxygens (including phenoxy) is 1. The molecule has 0 bridgehead atoms. The fourth-order valence-corrected chi connectivity index (χ4v) is 3.90. The van der Waals surface area contributed by atoms with E-state index >= 15 is 0 Å². The summed E-state index contributed by atoms with van der Waals surface area (Å²) >= 11 is 0. The van der Waals surface area contributed by atoms with E-state index in [9.17, 15) is 14.4 Å². The molecule has 27 heavy (non-hydrogen) atoms. The minimum absolute atomic E-state index is 0.0665. The molecule has 8 heteroatoms. The number of amides is 2. The van der Waals surface area contributed by atoms with Crippen molar-refractivity contribution in [2.45, 2.75) is 38.3 Å². The maximum absolute atomic E-state index is 12.8. The lowest BCUT2D eigenvalue weighted by molar-refractivity contribution is 0.0628. The van der Waals surface area contributed by atoms with Gasteiger partial charge in [0.1, 0.15) is 6.61 Å². The summed E-state index contributed by atoms with van der Waals surface area (Å²) in [6.07, 6.45) is 1.92. The molecule has 4 rings (SSSR count). The third-order valence-corrected chi connectivity index (χ3v) is 5.42. The lowest BCUT2D eigenvalue weighted by Crippen LogP contribution is -2.50. The molecule has 2 amide bonds. The number of nitrogens with one attached hydrogen (secondary N) is 1. The van der Waals surface area contributed by atoms with Crippen molar-refractivity contribution in [1.29, 1.82) is 0 Å². The number of piperidine rings is 1. The van der Waals surface area contributed by atoms with Gasteiger partial charge in [-0.2, -0.15) is 0 Å². The van der Waals surface area contributed by atoms with Crippen LogP contribution in [0.2, 0.25) is 0 Å². The zero-order valence-corrected chi connectivity index (χ0v) is 15.2. The lowest BCUT2D eigenvalue weighted by atomic mass is 10.0. The van der Waals surface area contributed by atoms with Crippen LogP contribution < -0.4 is 5.56 Å². The molecule has 0 spiro atoms. The number of carbonyl (C=O) groups excluding carboxylic acids is 2. The summed E-state index contributed by atoms with van der Waals surface area (Å²) in [5.74, 6) is -0.364. The highest BCUT2D eigenvalue weighted by molar-refractivity contribution is 5.93. The first-order chi connectivity index (χ1) is 13.1. The van der Waals surface area contributed by atoms with Gasteiger partial charge in [0.2, 0.25) is 0 Å². The van der Waals surface area contributed by atoms with E-state index in [-0.39, 0.29) is 29.8 Å². The van der Waals surface area contributed by atoms with Gasteiger partial charge in [-0.15, -0.1) is 0 Å². The minimum atomic E-state index is -0.477. The van der Waals surface area contributed by atoms with E-state index in [0.29, 0.717) is 43.6 Å². The number of nitrogens with zero attached hydrogens (tertiary/aromatic N) is 3. The number of H-pyrrole nitrogens is 1. The topological polar surface area (TPSA) is 95.6 Å². The summed E-state index contributed by atoms with van der Waals surface area (Å²) in [5, 5.41) is 0. The molecule has 142 valence electrons. The number of aromatic amines is 1. The Morgan fingerprint density at radius 3 is 2.74 bits per heavy atom. The second-order valence-electron chi connectivity index (χ2n) is 7.00. The molecule has 2 aliphatic heterocycles. The van der Waals surface area contributed by atoms with Crippen LogP contribution in [0.15, 0.2) is 29.1 Å². The van der Waals surface area contributed by atoms with Crippen LogP contribution in [0.5, 0.6) is 0 Å². The van der Waals surface area contributed by atoms with Crippen molar-refractivity contribution in [2.75, 3.05) is 19.7 Å². The van der Waals surface area contributed by atoms with E-state index in [0.717, 1.165) is 6.42 Å². The van der Waals surface area contributed by atoms with Crippen molar-refractivity contribution >= 4 is 23.0 Å². The third-order valence-electron chi connectivity index (χ3n) is 5.42. The Morgan fingerprint density at radius 1 is 1.26 bits per heavy atom. The van der Waals surface area contributed by atoms with Gasteiger partial charge in [-0.05, 0) is 31.4 Å². The number of aromatic nitrogens is 2. The van der Waals surface area contributed by atoms with E-state index in [1.54, 1.807) is 23.1 Å². The monoisotopic (exact) mass is 370 g/mol. The molecule has 0 radical (unpaired) electrons. The average Bonchev–Trinajstić information content (AvgIpc) is 3.07. The van der Waals surface area contributed by atoms with Crippen molar-refractivity contribution in [3.63, 3.8) is 0 Å². The van der Waals surface area contributed by atoms with Gasteiger partial charge in [0, 0.05) is 19.1 Å². The molecule has 0 saturated carbocycles. The van der Waals surface area contributed by atoms with Gasteiger partial charge in [0.15, 0.2) is 5.69 Å². The number of para-hydroxylation sites is 2. The van der Waals surface area contributed by atoms with E-state index in [1.807, 2.05) is 17.9 Å². The first kappa shape index (κ1) is 17.5. The summed E-state index contributed by atoms with van der Waals surface area (Å²) < 4.78 is 5.17. The van der Waals surface area contributed by atoms with Crippen LogP contribution >= 0.6 is 0 Å². The van der Waals surface area contributed by atoms with Crippen LogP contribution in [0.1, 0.15) is 36.7 Å². The fourth-order valence-electron chi connectivity index (χ4n) is 3.90. The molecule has 1 unspecified atom stereocenters. The summed E-state index contributed by atoms with van der Waals surface area (Å²) in [6, 6.07) is 7.30. The van der Waals surface area contributed by atoms with Crippen LogP contribution in [0.25, 0.3) is 11.0 Å². The Hall–Kier alpha value is -2.90. The van der Waals surface area contributed by atoms with Gasteiger partial charge in [-0.25, -0.2) is 9.78 Å². The zero-order valence-electron chi connectivity index (χ0n) is 15.2. The molecule has 1 atom stereocenters. The number of cyclic esters (lactones) is 1. The number of carbonyl (C=O) groups is 2. The standard InChI is InChI=1S/C19H22N4O4/c1-2-12-11-27-19(26)23(12)13-7-9-22(10-8-13)18(25)16-17(24)21-15-6-4-3-5-14(15)20-16/h3-6,12-13H,2,7-11H2,1H3,(H,21,24). The molecule has 3 heterocycles. The van der Waals surface area contributed by atoms with E-state index in [4.69, 9.17) is 4.74 Å². The molecule has 1 aromatic carbocycles. The quantitative estimate of drug-likeness (QED) is 0.888. The lowest BCUT2D eigenvalue weighted by Gasteiger charge is -2.37. The number of benzene rings is 1. The molecule has 0 aliphatic carbocycles. The van der Waals surface area contributed by atoms with Crippen molar-refractivity contribution in [1.82, 2.24) is 19.8 Å². The highest BCUT2D eigenvalue weighted by Gasteiger charge is 2.39. The SMILES string of the molecule is CCC1COC(=O)N1C1CCN(C(=O)c2nc3ccccc3[nH]c2=O)CC1. The van der Waals surface area contributed by atoms with Crippen molar-refractivity contribution in [2.24, 2.45) is 0 Å². The van der Waals surface area contributed by atoms with Gasteiger partial charge in [-0.3, -0.25) is 14.5 Å². The van der Waals surface area contributed by atoms with Gasteiger partial charge in [-0.1, -0.05) is 19.1 Å². The maximum atomic E-state index is 12.8. The predicted octanol–water partition coefficient (Wildman–Crippen LogP) is 1.76. The van der Waals surface area contributed by atoms with Crippen LogP contribution in [-0.2, 0) is 4.74 Å². The molecule has 2 saturated heterocycles. The van der Waals surface area contributed by atoms with E-state index in [2.05, 4.69) is 9.97 Å². The van der Waals surface area contributed by atoms with Crippen molar-refractivity contribution in [3.8, 4) is 0 Å². The maximum Gasteiger partial charge on any atom is 0.410 e. The molecule has 2 fully saturated rings. The average molecular weight is 370 g/mol. The Labute approximate surface area is 156 Å². The van der Waals surface area contributed by atoms with E-state index in [1.165, 1.54) is 0 Å². The first-order valence-corrected chi connectivity index (χ1v) is 9.32. The fraction of sp³-hybridized carbons (Fsp3) is 0.474. The largest absolute Gasteiger partial charge is 0.447 e. The Balaban J connectivity index is 1.48. The summed E-state index contributed by atoms with van der Waals surface area (Å²) in [7, 11) is 0. The van der Waals surface area contributed by atoms with E-state index < -0.39 is 5.56 Å². The normalized spacial score (nSPS) is 20.9. The summed E-state index contributed by atoms with van der Waals surface area (Å²) in [5.41, 5.74) is 0.631. The smallest absolute Gasteiger partial charge is 0.410 e. The van der Waals surface area contributed by atoms with Crippen LogP contribution in [0.4, 0.5) is 4.79 Å². The molecule has 1 aromatic heterocycles.